The number of hydrogen-bond acceptors (Lipinski definition) is 3. The van der Waals surface area contributed by atoms with E-state index in [2.05, 4.69) is 0 Å². The predicted molar refractivity (Wildman–Crippen MR) is 80.2 cm³/mol. The van der Waals surface area contributed by atoms with Crippen LogP contribution in [0.5, 0.6) is 0 Å². The molecule has 0 amide bonds. The molecule has 0 spiro atoms. The van der Waals surface area contributed by atoms with Crippen molar-refractivity contribution in [2.45, 2.75) is 38.1 Å². The monoisotopic (exact) mass is 324 g/mol. The fourth-order valence-corrected chi connectivity index (χ4v) is 5.07. The molecular weight excluding hydrogens is 300 g/mol. The second-order valence-corrected chi connectivity index (χ2v) is 8.06. The van der Waals surface area contributed by atoms with Crippen LogP contribution in [0.15, 0.2) is 0 Å². The fourth-order valence-electron chi connectivity index (χ4n) is 3.00. The Balaban J connectivity index is 1.99. The minimum atomic E-state index is -3.38. The van der Waals surface area contributed by atoms with Crippen LogP contribution < -0.4 is 0 Å². The van der Waals surface area contributed by atoms with Crippen molar-refractivity contribution < 1.29 is 13.2 Å². The molecule has 0 radical (unpaired) electrons. The van der Waals surface area contributed by atoms with E-state index in [0.717, 1.165) is 45.3 Å². The van der Waals surface area contributed by atoms with E-state index in [1.54, 1.807) is 11.4 Å². The van der Waals surface area contributed by atoms with Crippen LogP contribution >= 0.6 is 11.6 Å². The molecule has 0 saturated carbocycles. The molecule has 5 nitrogen and oxygen atoms in total. The highest BCUT2D eigenvalue weighted by molar-refractivity contribution is 7.86. The Kier molecular flexibility index (Phi) is 6.10. The molecule has 2 fully saturated rings. The van der Waals surface area contributed by atoms with Gasteiger partial charge in [0.1, 0.15) is 0 Å². The average molecular weight is 325 g/mol. The molecular formula is C13H25ClN2O3S. The summed E-state index contributed by atoms with van der Waals surface area (Å²) in [6.07, 6.45) is 4.75. The van der Waals surface area contributed by atoms with E-state index in [1.807, 2.05) is 0 Å². The van der Waals surface area contributed by atoms with Gasteiger partial charge in [0.05, 0.1) is 0 Å². The van der Waals surface area contributed by atoms with Crippen LogP contribution in [0.1, 0.15) is 32.1 Å². The third-order valence-corrected chi connectivity index (χ3v) is 6.66. The van der Waals surface area contributed by atoms with Crippen LogP contribution in [0.2, 0.25) is 0 Å². The summed E-state index contributed by atoms with van der Waals surface area (Å²) in [5.74, 6) is 0.785. The zero-order valence-electron chi connectivity index (χ0n) is 12.1. The highest BCUT2D eigenvalue weighted by Gasteiger charge is 2.35. The van der Waals surface area contributed by atoms with E-state index in [-0.39, 0.29) is 6.04 Å². The standard InChI is InChI=1S/C13H25ClN2O3S/c1-15(11-12-5-8-19-9-6-12)20(17,18)16-7-3-2-4-13(16)10-14/h12-13H,2-11H2,1H3. The molecule has 0 aliphatic carbocycles. The van der Waals surface area contributed by atoms with Gasteiger partial charge in [-0.15, -0.1) is 11.6 Å². The van der Waals surface area contributed by atoms with Gasteiger partial charge in [0.25, 0.3) is 10.2 Å². The second-order valence-electron chi connectivity index (χ2n) is 5.76. The second kappa shape index (κ2) is 7.40. The lowest BCUT2D eigenvalue weighted by Gasteiger charge is -2.37. The van der Waals surface area contributed by atoms with Gasteiger partial charge >= 0.3 is 0 Å². The van der Waals surface area contributed by atoms with Gasteiger partial charge in [0.2, 0.25) is 0 Å². The molecule has 0 aromatic heterocycles. The molecule has 2 aliphatic rings. The van der Waals surface area contributed by atoms with Crippen LogP contribution in [0.4, 0.5) is 0 Å². The van der Waals surface area contributed by atoms with Gasteiger partial charge in [-0.25, -0.2) is 0 Å². The maximum absolute atomic E-state index is 12.7. The van der Waals surface area contributed by atoms with Crippen LogP contribution in [0.25, 0.3) is 0 Å². The maximum Gasteiger partial charge on any atom is 0.282 e. The zero-order chi connectivity index (χ0) is 14.6. The van der Waals surface area contributed by atoms with Gasteiger partial charge in [-0.1, -0.05) is 6.42 Å². The minimum Gasteiger partial charge on any atom is -0.381 e. The lowest BCUT2D eigenvalue weighted by atomic mass is 10.0. The molecule has 0 aromatic rings. The summed E-state index contributed by atoms with van der Waals surface area (Å²) in [4.78, 5) is 0. The molecule has 2 saturated heterocycles. The van der Waals surface area contributed by atoms with Gasteiger partial charge in [-0.2, -0.15) is 17.0 Å². The fraction of sp³-hybridized carbons (Fsp3) is 1.00. The highest BCUT2D eigenvalue weighted by atomic mass is 35.5. The Bertz CT molecular complexity index is 398. The predicted octanol–water partition coefficient (Wildman–Crippen LogP) is 1.68. The smallest absolute Gasteiger partial charge is 0.282 e. The molecule has 1 unspecified atom stereocenters. The highest BCUT2D eigenvalue weighted by Crippen LogP contribution is 2.24. The number of hydrogen-bond donors (Lipinski definition) is 0. The van der Waals surface area contributed by atoms with Crippen molar-refractivity contribution in [3.05, 3.63) is 0 Å². The van der Waals surface area contributed by atoms with Gasteiger partial charge in [0.15, 0.2) is 0 Å². The summed E-state index contributed by atoms with van der Waals surface area (Å²) in [6, 6.07) is -0.0486. The summed E-state index contributed by atoms with van der Waals surface area (Å²) < 4.78 is 33.8. The van der Waals surface area contributed by atoms with E-state index < -0.39 is 10.2 Å². The molecule has 0 N–H and O–H groups in total. The van der Waals surface area contributed by atoms with Crippen LogP contribution in [-0.2, 0) is 14.9 Å². The van der Waals surface area contributed by atoms with Crippen molar-refractivity contribution in [2.24, 2.45) is 5.92 Å². The maximum atomic E-state index is 12.7. The average Bonchev–Trinajstić information content (AvgIpc) is 2.48. The number of halogens is 1. The molecule has 0 bridgehead atoms. The van der Waals surface area contributed by atoms with Crippen molar-refractivity contribution in [3.8, 4) is 0 Å². The first kappa shape index (κ1) is 16.5. The summed E-state index contributed by atoms with van der Waals surface area (Å²) in [5, 5.41) is 0. The third kappa shape index (κ3) is 3.85. The van der Waals surface area contributed by atoms with Crippen molar-refractivity contribution in [1.29, 1.82) is 0 Å². The van der Waals surface area contributed by atoms with Crippen molar-refractivity contribution >= 4 is 21.8 Å². The Hall–Kier alpha value is 0.120. The van der Waals surface area contributed by atoms with Gasteiger partial charge in [0, 0.05) is 45.3 Å². The van der Waals surface area contributed by atoms with Gasteiger partial charge in [-0.05, 0) is 31.6 Å². The largest absolute Gasteiger partial charge is 0.381 e. The number of ether oxygens (including phenoxy) is 1. The Morgan fingerprint density at radius 2 is 1.95 bits per heavy atom. The summed E-state index contributed by atoms with van der Waals surface area (Å²) in [7, 11) is -1.70. The van der Waals surface area contributed by atoms with Crippen molar-refractivity contribution in [2.75, 3.05) is 39.2 Å². The van der Waals surface area contributed by atoms with Crippen LogP contribution in [-0.4, -0.2) is 62.3 Å². The van der Waals surface area contributed by atoms with Crippen LogP contribution in [0, 0.1) is 5.92 Å². The first-order valence-electron chi connectivity index (χ1n) is 7.42. The van der Waals surface area contributed by atoms with E-state index in [0.29, 0.717) is 24.9 Å². The third-order valence-electron chi connectivity index (χ3n) is 4.30. The lowest BCUT2D eigenvalue weighted by Crippen LogP contribution is -2.51. The van der Waals surface area contributed by atoms with E-state index in [4.69, 9.17) is 16.3 Å². The number of alkyl halides is 1. The molecule has 1 atom stereocenters. The summed E-state index contributed by atoms with van der Waals surface area (Å²) in [5.41, 5.74) is 0. The van der Waals surface area contributed by atoms with Gasteiger partial charge < -0.3 is 4.74 Å². The summed E-state index contributed by atoms with van der Waals surface area (Å²) in [6.45, 7) is 2.66. The first-order chi connectivity index (χ1) is 9.55. The quantitative estimate of drug-likeness (QED) is 0.723. The molecule has 7 heteroatoms. The lowest BCUT2D eigenvalue weighted by molar-refractivity contribution is 0.0613. The van der Waals surface area contributed by atoms with E-state index >= 15 is 0 Å². The number of rotatable bonds is 5. The Labute approximate surface area is 127 Å². The minimum absolute atomic E-state index is 0.0486. The molecule has 0 aromatic carbocycles. The van der Waals surface area contributed by atoms with E-state index in [1.165, 1.54) is 4.31 Å². The molecule has 2 aliphatic heterocycles. The topological polar surface area (TPSA) is 49.9 Å². The van der Waals surface area contributed by atoms with Crippen LogP contribution in [0.3, 0.4) is 0 Å². The Morgan fingerprint density at radius 3 is 2.60 bits per heavy atom. The normalized spacial score (nSPS) is 27.1. The molecule has 2 rings (SSSR count). The van der Waals surface area contributed by atoms with Crippen molar-refractivity contribution in [1.82, 2.24) is 8.61 Å². The SMILES string of the molecule is CN(CC1CCOCC1)S(=O)(=O)N1CCCCC1CCl. The van der Waals surface area contributed by atoms with Crippen molar-refractivity contribution in [3.63, 3.8) is 0 Å². The molecule has 2 heterocycles. The Morgan fingerprint density at radius 1 is 1.25 bits per heavy atom. The van der Waals surface area contributed by atoms with E-state index in [9.17, 15) is 8.42 Å². The summed E-state index contributed by atoms with van der Waals surface area (Å²) >= 11 is 5.94. The number of nitrogens with zero attached hydrogens (tertiary/aromatic N) is 2. The molecule has 20 heavy (non-hydrogen) atoms. The number of piperidine rings is 1. The zero-order valence-corrected chi connectivity index (χ0v) is 13.7. The molecule has 118 valence electrons. The van der Waals surface area contributed by atoms with Gasteiger partial charge in [-0.3, -0.25) is 0 Å². The first-order valence-corrected chi connectivity index (χ1v) is 9.35.